The minimum Gasteiger partial charge on any atom is -0.480 e. The van der Waals surface area contributed by atoms with Crippen LogP contribution in [-0.4, -0.2) is 59.1 Å². The number of aromatic nitrogens is 1. The molecule has 13 nitrogen and oxygen atoms in total. The summed E-state index contributed by atoms with van der Waals surface area (Å²) in [6.07, 6.45) is 2.58. The highest BCUT2D eigenvalue weighted by molar-refractivity contribution is 6.40. The zero-order valence-corrected chi connectivity index (χ0v) is 24.3. The van der Waals surface area contributed by atoms with Gasteiger partial charge in [-0.2, -0.15) is 0 Å². The molecule has 4 aromatic rings. The summed E-state index contributed by atoms with van der Waals surface area (Å²) >= 11 is 12.1. The van der Waals surface area contributed by atoms with Gasteiger partial charge in [-0.3, -0.25) is 29.5 Å². The van der Waals surface area contributed by atoms with Gasteiger partial charge in [0.1, 0.15) is 17.4 Å². The maximum atomic E-state index is 12.6. The van der Waals surface area contributed by atoms with E-state index in [0.717, 1.165) is 5.69 Å². The lowest BCUT2D eigenvalue weighted by atomic mass is 10.0. The molecule has 3 aromatic carbocycles. The number of benzene rings is 2. The number of non-ortho nitro benzene ring substituents is 1. The summed E-state index contributed by atoms with van der Waals surface area (Å²) < 4.78 is 0. The zero-order chi connectivity index (χ0) is 31.5. The Bertz CT molecular complexity index is 1780. The molecular weight excluding hydrogens is 615 g/mol. The topological polar surface area (TPSA) is 175 Å². The lowest BCUT2D eigenvalue weighted by Crippen LogP contribution is -2.52. The molecule has 5 rings (SSSR count). The fraction of sp³-hybridized carbons (Fsp3) is 0.207. The van der Waals surface area contributed by atoms with Gasteiger partial charge in [0.2, 0.25) is 0 Å². The van der Waals surface area contributed by atoms with Crippen molar-refractivity contribution in [2.75, 3.05) is 46.6 Å². The number of aliphatic carboxylic acids is 1. The van der Waals surface area contributed by atoms with Gasteiger partial charge in [-0.15, -0.1) is 0 Å². The van der Waals surface area contributed by atoms with Crippen molar-refractivity contribution >= 4 is 63.5 Å². The monoisotopic (exact) mass is 638 g/mol. The molecule has 3 N–H and O–H groups in total. The van der Waals surface area contributed by atoms with E-state index in [9.17, 15) is 34.4 Å². The second-order valence-electron chi connectivity index (χ2n) is 10.00. The van der Waals surface area contributed by atoms with Crippen molar-refractivity contribution < 1.29 is 19.6 Å². The van der Waals surface area contributed by atoms with E-state index in [1.807, 2.05) is 4.90 Å². The number of amides is 1. The van der Waals surface area contributed by atoms with Gasteiger partial charge in [0, 0.05) is 68.5 Å². The normalized spacial score (nSPS) is 13.9. The average molecular weight is 639 g/mol. The van der Waals surface area contributed by atoms with Crippen molar-refractivity contribution in [2.24, 2.45) is 0 Å². The number of nitro benzene ring substituents is 1. The maximum absolute atomic E-state index is 12.6. The van der Waals surface area contributed by atoms with Crippen LogP contribution in [0, 0.1) is 10.1 Å². The molecule has 1 aliphatic rings. The van der Waals surface area contributed by atoms with Crippen LogP contribution in [0.3, 0.4) is 0 Å². The molecule has 226 valence electrons. The fourth-order valence-electron chi connectivity index (χ4n) is 4.94. The molecule has 0 aliphatic carbocycles. The summed E-state index contributed by atoms with van der Waals surface area (Å²) in [5.74, 6) is -1.76. The Morgan fingerprint density at radius 2 is 1.52 bits per heavy atom. The lowest BCUT2D eigenvalue weighted by Gasteiger charge is -2.38. The Hall–Kier alpha value is -5.01. The third-order valence-electron chi connectivity index (χ3n) is 7.26. The SMILES string of the molecule is O=C(Nc1ccc(C[C@H](Nc2c(N3CCN(c4ccc([N+](=O)[O-])cc4)CC3)c(=O)c2=O)C(=O)O)cc1)c1c(Cl)cncc1Cl. The predicted octanol–water partition coefficient (Wildman–Crippen LogP) is 3.58. The fourth-order valence-corrected chi connectivity index (χ4v) is 5.48. The molecule has 1 amide bonds. The number of pyridine rings is 1. The van der Waals surface area contributed by atoms with Gasteiger partial charge in [-0.1, -0.05) is 35.3 Å². The number of nitrogens with zero attached hydrogens (tertiary/aromatic N) is 4. The zero-order valence-electron chi connectivity index (χ0n) is 22.8. The highest BCUT2D eigenvalue weighted by Crippen LogP contribution is 2.27. The number of hydrogen-bond donors (Lipinski definition) is 3. The third-order valence-corrected chi connectivity index (χ3v) is 7.83. The molecule has 1 aromatic heterocycles. The Morgan fingerprint density at radius 1 is 0.932 bits per heavy atom. The van der Waals surface area contributed by atoms with Crippen molar-refractivity contribution in [3.05, 3.63) is 113 Å². The third kappa shape index (κ3) is 6.33. The van der Waals surface area contributed by atoms with Gasteiger partial charge in [0.25, 0.3) is 22.5 Å². The first-order valence-electron chi connectivity index (χ1n) is 13.3. The highest BCUT2D eigenvalue weighted by Gasteiger charge is 2.31. The smallest absolute Gasteiger partial charge is 0.326 e. The first-order chi connectivity index (χ1) is 21.0. The van der Waals surface area contributed by atoms with Crippen molar-refractivity contribution in [1.82, 2.24) is 4.98 Å². The first-order valence-corrected chi connectivity index (χ1v) is 14.1. The van der Waals surface area contributed by atoms with E-state index in [2.05, 4.69) is 15.6 Å². The number of carbonyl (C=O) groups excluding carboxylic acids is 1. The molecule has 0 saturated carbocycles. The number of carboxylic acid groups (broad SMARTS) is 1. The van der Waals surface area contributed by atoms with Crippen LogP contribution in [0.1, 0.15) is 15.9 Å². The number of carboxylic acids is 1. The van der Waals surface area contributed by atoms with E-state index in [-0.39, 0.29) is 39.1 Å². The largest absolute Gasteiger partial charge is 0.480 e. The Kier molecular flexibility index (Phi) is 8.78. The number of nitro groups is 1. The summed E-state index contributed by atoms with van der Waals surface area (Å²) in [4.78, 5) is 67.8. The van der Waals surface area contributed by atoms with E-state index in [1.165, 1.54) is 24.5 Å². The molecule has 1 aliphatic heterocycles. The lowest BCUT2D eigenvalue weighted by molar-refractivity contribution is -0.384. The Labute approximate surface area is 259 Å². The van der Waals surface area contributed by atoms with Gasteiger partial charge in [-0.25, -0.2) is 4.79 Å². The van der Waals surface area contributed by atoms with Crippen molar-refractivity contribution in [2.45, 2.75) is 12.5 Å². The number of halogens is 2. The molecule has 15 heteroatoms. The molecule has 0 spiro atoms. The highest BCUT2D eigenvalue weighted by atomic mass is 35.5. The van der Waals surface area contributed by atoms with Crippen LogP contribution in [-0.2, 0) is 11.2 Å². The van der Waals surface area contributed by atoms with Crippen LogP contribution in [0.15, 0.2) is 70.5 Å². The number of carbonyl (C=O) groups is 2. The molecule has 2 heterocycles. The number of anilines is 4. The van der Waals surface area contributed by atoms with Crippen molar-refractivity contribution in [1.29, 1.82) is 0 Å². The van der Waals surface area contributed by atoms with Gasteiger partial charge in [-0.05, 0) is 29.8 Å². The van der Waals surface area contributed by atoms with E-state index < -0.39 is 33.7 Å². The Balaban J connectivity index is 1.23. The van der Waals surface area contributed by atoms with E-state index in [4.69, 9.17) is 23.2 Å². The van der Waals surface area contributed by atoms with Crippen LogP contribution in [0.4, 0.5) is 28.4 Å². The molecule has 1 saturated heterocycles. The maximum Gasteiger partial charge on any atom is 0.326 e. The number of piperazine rings is 1. The van der Waals surface area contributed by atoms with E-state index in [0.29, 0.717) is 37.4 Å². The molecule has 1 atom stereocenters. The molecule has 0 radical (unpaired) electrons. The van der Waals surface area contributed by atoms with Gasteiger partial charge >= 0.3 is 5.97 Å². The molecular formula is C29H24Cl2N6O7. The molecule has 1 fully saturated rings. The number of hydrogen-bond acceptors (Lipinski definition) is 10. The summed E-state index contributed by atoms with van der Waals surface area (Å²) in [5, 5.41) is 26.4. The van der Waals surface area contributed by atoms with Gasteiger partial charge in [0.15, 0.2) is 0 Å². The number of nitrogens with one attached hydrogen (secondary N) is 2. The second-order valence-corrected chi connectivity index (χ2v) is 10.8. The standard InChI is InChI=1S/C29H24Cl2N6O7/c30-20-14-32-15-21(31)23(20)28(40)33-17-3-1-16(2-4-17)13-22(29(41)42)34-24-25(27(39)26(24)38)36-11-9-35(10-12-36)18-5-7-19(8-6-18)37(43)44/h1-8,14-15,22,34H,9-13H2,(H,33,40)(H,41,42)/t22-/m0/s1. The van der Waals surface area contributed by atoms with Crippen LogP contribution in [0.5, 0.6) is 0 Å². The molecule has 0 bridgehead atoms. The summed E-state index contributed by atoms with van der Waals surface area (Å²) in [5.41, 5.74) is 0.501. The van der Waals surface area contributed by atoms with Crippen molar-refractivity contribution in [3.63, 3.8) is 0 Å². The van der Waals surface area contributed by atoms with Crippen LogP contribution < -0.4 is 31.3 Å². The summed E-state index contributed by atoms with van der Waals surface area (Å²) in [7, 11) is 0. The molecule has 44 heavy (non-hydrogen) atoms. The summed E-state index contributed by atoms with van der Waals surface area (Å²) in [6, 6.07) is 11.4. The minimum absolute atomic E-state index is 0.0146. The van der Waals surface area contributed by atoms with E-state index in [1.54, 1.807) is 41.3 Å². The van der Waals surface area contributed by atoms with Gasteiger partial charge in [0.05, 0.1) is 20.5 Å². The van der Waals surface area contributed by atoms with Crippen LogP contribution >= 0.6 is 23.2 Å². The Morgan fingerprint density at radius 3 is 2.09 bits per heavy atom. The summed E-state index contributed by atoms with van der Waals surface area (Å²) in [6.45, 7) is 1.75. The minimum atomic E-state index is -1.22. The van der Waals surface area contributed by atoms with Crippen molar-refractivity contribution in [3.8, 4) is 0 Å². The van der Waals surface area contributed by atoms with Crippen LogP contribution in [0.2, 0.25) is 10.0 Å². The first kappa shape index (κ1) is 30.4. The predicted molar refractivity (Wildman–Crippen MR) is 166 cm³/mol. The van der Waals surface area contributed by atoms with Gasteiger partial charge < -0.3 is 25.5 Å². The quantitative estimate of drug-likeness (QED) is 0.131. The van der Waals surface area contributed by atoms with Crippen LogP contribution in [0.25, 0.3) is 0 Å². The average Bonchev–Trinajstić information content (AvgIpc) is 3.01. The second kappa shape index (κ2) is 12.7. The number of rotatable bonds is 10. The molecule has 0 unspecified atom stereocenters. The van der Waals surface area contributed by atoms with E-state index >= 15 is 0 Å².